The first kappa shape index (κ1) is 21.5. The van der Waals surface area contributed by atoms with E-state index >= 15 is 0 Å². The second-order valence-electron chi connectivity index (χ2n) is 8.06. The molecule has 1 aliphatic heterocycles. The zero-order valence-electron chi connectivity index (χ0n) is 17.2. The number of aromatic amines is 1. The van der Waals surface area contributed by atoms with Crippen molar-refractivity contribution in [3.05, 3.63) is 28.4 Å². The normalized spacial score (nSPS) is 15.4. The highest BCUT2D eigenvalue weighted by Crippen LogP contribution is 2.33. The molecule has 0 saturated carbocycles. The lowest BCUT2D eigenvalue weighted by molar-refractivity contribution is 0.0126. The number of hydrogen-bond acceptors (Lipinski definition) is 5. The summed E-state index contributed by atoms with van der Waals surface area (Å²) >= 11 is 3.54. The minimum absolute atomic E-state index is 0.00547. The Bertz CT molecular complexity index is 894. The molecule has 0 aliphatic carbocycles. The molecule has 0 unspecified atom stereocenters. The predicted molar refractivity (Wildman–Crippen MR) is 113 cm³/mol. The average molecular weight is 467 g/mol. The van der Waals surface area contributed by atoms with Gasteiger partial charge in [0.05, 0.1) is 11.1 Å². The van der Waals surface area contributed by atoms with E-state index in [0.29, 0.717) is 31.1 Å². The minimum atomic E-state index is -0.496. The van der Waals surface area contributed by atoms with Crippen LogP contribution in [0.15, 0.2) is 22.7 Å². The van der Waals surface area contributed by atoms with Gasteiger partial charge in [0.1, 0.15) is 23.1 Å². The third-order valence-corrected chi connectivity index (χ3v) is 5.18. The topological polar surface area (TPSA) is 80.9 Å². The Kier molecular flexibility index (Phi) is 6.41. The molecule has 29 heavy (non-hydrogen) atoms. The monoisotopic (exact) mass is 466 g/mol. The molecular weight excluding hydrogens is 440 g/mol. The van der Waals surface area contributed by atoms with Crippen LogP contribution in [0.2, 0.25) is 0 Å². The third kappa shape index (κ3) is 5.44. The molecule has 1 saturated heterocycles. The first-order valence-corrected chi connectivity index (χ1v) is 10.6. The summed E-state index contributed by atoms with van der Waals surface area (Å²) in [6.07, 6.45) is 1.18. The van der Waals surface area contributed by atoms with Crippen molar-refractivity contribution in [3.8, 4) is 5.75 Å². The number of fused-ring (bicyclic) bond motifs is 1. The first-order chi connectivity index (χ1) is 13.7. The summed E-state index contributed by atoms with van der Waals surface area (Å²) in [5.41, 5.74) is 0.743. The summed E-state index contributed by atoms with van der Waals surface area (Å²) in [7, 11) is 0. The molecule has 7 nitrogen and oxygen atoms in total. The Hall–Kier alpha value is -2.22. The smallest absolute Gasteiger partial charge is 0.410 e. The van der Waals surface area contributed by atoms with Gasteiger partial charge in [0.25, 0.3) is 0 Å². The van der Waals surface area contributed by atoms with Crippen LogP contribution in [0.25, 0.3) is 10.9 Å². The molecule has 1 amide bonds. The number of aromatic nitrogens is 1. The highest BCUT2D eigenvalue weighted by atomic mass is 79.9. The van der Waals surface area contributed by atoms with Gasteiger partial charge in [0.2, 0.25) is 0 Å². The number of piperidine rings is 1. The van der Waals surface area contributed by atoms with E-state index in [4.69, 9.17) is 14.2 Å². The Morgan fingerprint density at radius 3 is 2.52 bits per heavy atom. The van der Waals surface area contributed by atoms with Gasteiger partial charge < -0.3 is 24.1 Å². The number of benzene rings is 1. The van der Waals surface area contributed by atoms with E-state index in [9.17, 15) is 9.59 Å². The van der Waals surface area contributed by atoms with E-state index in [1.165, 1.54) is 0 Å². The number of ether oxygens (including phenoxy) is 3. The molecule has 0 radical (unpaired) electrons. The van der Waals surface area contributed by atoms with Crippen molar-refractivity contribution in [1.29, 1.82) is 0 Å². The van der Waals surface area contributed by atoms with E-state index < -0.39 is 5.60 Å². The van der Waals surface area contributed by atoms with Gasteiger partial charge in [-0.2, -0.15) is 0 Å². The first-order valence-electron chi connectivity index (χ1n) is 9.80. The molecule has 2 heterocycles. The molecule has 0 bridgehead atoms. The van der Waals surface area contributed by atoms with E-state index in [-0.39, 0.29) is 18.2 Å². The Labute approximate surface area is 178 Å². The van der Waals surface area contributed by atoms with Crippen LogP contribution in [0.3, 0.4) is 0 Å². The molecule has 0 spiro atoms. The lowest BCUT2D eigenvalue weighted by atomic mass is 10.1. The van der Waals surface area contributed by atoms with Crippen molar-refractivity contribution in [1.82, 2.24) is 9.88 Å². The van der Waals surface area contributed by atoms with E-state index in [1.807, 2.05) is 32.9 Å². The molecule has 1 fully saturated rings. The number of carbonyl (C=O) groups excluding carboxylic acids is 2. The van der Waals surface area contributed by atoms with Crippen LogP contribution in [-0.4, -0.2) is 53.3 Å². The Balaban J connectivity index is 1.64. The number of carbonyl (C=O) groups is 2. The molecule has 3 rings (SSSR count). The second kappa shape index (κ2) is 8.65. The standard InChI is InChI=1S/C21H27BrN2O5/c1-5-27-19(25)17-10-13-11-18(15(22)12-16(13)23-17)28-14-6-8-24(9-7-14)20(26)29-21(2,3)4/h10-12,14,23H,5-9H2,1-4H3. The van der Waals surface area contributed by atoms with Crippen LogP contribution in [0.5, 0.6) is 5.75 Å². The molecule has 8 heteroatoms. The number of hydrogen-bond donors (Lipinski definition) is 1. The van der Waals surface area contributed by atoms with Crippen molar-refractivity contribution >= 4 is 38.9 Å². The van der Waals surface area contributed by atoms with Crippen LogP contribution in [0.4, 0.5) is 4.79 Å². The average Bonchev–Trinajstić information content (AvgIpc) is 3.04. The fraction of sp³-hybridized carbons (Fsp3) is 0.524. The Morgan fingerprint density at radius 1 is 1.21 bits per heavy atom. The maximum absolute atomic E-state index is 12.2. The maximum atomic E-state index is 12.2. The van der Waals surface area contributed by atoms with Crippen molar-refractivity contribution in [3.63, 3.8) is 0 Å². The lowest BCUT2D eigenvalue weighted by Gasteiger charge is -2.33. The quantitative estimate of drug-likeness (QED) is 0.648. The summed E-state index contributed by atoms with van der Waals surface area (Å²) in [5.74, 6) is 0.333. The third-order valence-electron chi connectivity index (χ3n) is 4.56. The molecule has 2 aromatic rings. The van der Waals surface area contributed by atoms with Crippen LogP contribution in [0.1, 0.15) is 51.0 Å². The van der Waals surface area contributed by atoms with Gasteiger partial charge in [0.15, 0.2) is 0 Å². The van der Waals surface area contributed by atoms with Crippen LogP contribution in [0, 0.1) is 0 Å². The van der Waals surface area contributed by atoms with Gasteiger partial charge >= 0.3 is 12.1 Å². The molecule has 1 aromatic heterocycles. The highest BCUT2D eigenvalue weighted by Gasteiger charge is 2.28. The van der Waals surface area contributed by atoms with Crippen molar-refractivity contribution in [2.45, 2.75) is 52.2 Å². The molecule has 1 aromatic carbocycles. The fourth-order valence-electron chi connectivity index (χ4n) is 3.20. The van der Waals surface area contributed by atoms with Gasteiger partial charge in [-0.1, -0.05) is 0 Å². The number of halogens is 1. The summed E-state index contributed by atoms with van der Waals surface area (Å²) in [6.45, 7) is 8.88. The van der Waals surface area contributed by atoms with E-state index in [2.05, 4.69) is 20.9 Å². The number of likely N-dealkylation sites (tertiary alicyclic amines) is 1. The zero-order chi connectivity index (χ0) is 21.2. The van der Waals surface area contributed by atoms with Crippen molar-refractivity contribution < 1.29 is 23.8 Å². The van der Waals surface area contributed by atoms with E-state index in [0.717, 1.165) is 28.2 Å². The summed E-state index contributed by atoms with van der Waals surface area (Å²) in [5, 5.41) is 0.873. The van der Waals surface area contributed by atoms with Crippen LogP contribution in [-0.2, 0) is 9.47 Å². The number of amides is 1. The second-order valence-corrected chi connectivity index (χ2v) is 8.91. The summed E-state index contributed by atoms with van der Waals surface area (Å²) in [6, 6.07) is 5.56. The van der Waals surface area contributed by atoms with Gasteiger partial charge in [0, 0.05) is 36.8 Å². The van der Waals surface area contributed by atoms with Crippen LogP contribution < -0.4 is 4.74 Å². The summed E-state index contributed by atoms with van der Waals surface area (Å²) < 4.78 is 17.5. The van der Waals surface area contributed by atoms with Gasteiger partial charge in [-0.15, -0.1) is 0 Å². The van der Waals surface area contributed by atoms with E-state index in [1.54, 1.807) is 17.9 Å². The molecular formula is C21H27BrN2O5. The Morgan fingerprint density at radius 2 is 1.90 bits per heavy atom. The lowest BCUT2D eigenvalue weighted by Crippen LogP contribution is -2.44. The van der Waals surface area contributed by atoms with Gasteiger partial charge in [-0.05, 0) is 61.8 Å². The number of nitrogens with zero attached hydrogens (tertiary/aromatic N) is 1. The molecule has 1 aliphatic rings. The number of esters is 1. The SMILES string of the molecule is CCOC(=O)c1cc2cc(OC3CCN(C(=O)OC(C)(C)C)CC3)c(Br)cc2[nH]1. The van der Waals surface area contributed by atoms with Gasteiger partial charge in [-0.25, -0.2) is 9.59 Å². The van der Waals surface area contributed by atoms with Crippen molar-refractivity contribution in [2.75, 3.05) is 19.7 Å². The fourth-order valence-corrected chi connectivity index (χ4v) is 3.64. The zero-order valence-corrected chi connectivity index (χ0v) is 18.8. The number of rotatable bonds is 4. The largest absolute Gasteiger partial charge is 0.489 e. The molecule has 158 valence electrons. The van der Waals surface area contributed by atoms with Crippen molar-refractivity contribution in [2.24, 2.45) is 0 Å². The highest BCUT2D eigenvalue weighted by molar-refractivity contribution is 9.10. The predicted octanol–water partition coefficient (Wildman–Crippen LogP) is 4.89. The number of H-pyrrole nitrogens is 1. The van der Waals surface area contributed by atoms with Gasteiger partial charge in [-0.3, -0.25) is 0 Å². The number of nitrogens with one attached hydrogen (secondary N) is 1. The van der Waals surface area contributed by atoms with Crippen LogP contribution >= 0.6 is 15.9 Å². The molecule has 0 atom stereocenters. The molecule has 1 N–H and O–H groups in total. The minimum Gasteiger partial charge on any atom is -0.489 e. The summed E-state index contributed by atoms with van der Waals surface area (Å²) in [4.78, 5) is 28.9. The maximum Gasteiger partial charge on any atom is 0.410 e.